The standard InChI is InChI=1S/C23H25N3O2Si/c1-16(2)25-23(28)20-15-26(22-19(21(20)27)10-7-12-24-22)18-9-6-8-17(14-18)11-13-29(3,4)5/h6-10,12,14-16H,1-5H3,(H,25,28). The van der Waals surface area contributed by atoms with Crippen LogP contribution in [0.15, 0.2) is 53.6 Å². The molecule has 29 heavy (non-hydrogen) atoms. The summed E-state index contributed by atoms with van der Waals surface area (Å²) in [6.07, 6.45) is 3.21. The molecule has 3 aromatic rings. The van der Waals surface area contributed by atoms with Crippen LogP contribution >= 0.6 is 0 Å². The number of rotatable bonds is 3. The number of hydrogen-bond donors (Lipinski definition) is 1. The molecule has 2 aromatic heterocycles. The van der Waals surface area contributed by atoms with Gasteiger partial charge in [0.05, 0.1) is 5.39 Å². The van der Waals surface area contributed by atoms with Gasteiger partial charge in [-0.3, -0.25) is 9.59 Å². The zero-order valence-electron chi connectivity index (χ0n) is 17.4. The molecule has 6 heteroatoms. The normalized spacial score (nSPS) is 11.2. The van der Waals surface area contributed by atoms with Gasteiger partial charge in [-0.15, -0.1) is 5.54 Å². The van der Waals surface area contributed by atoms with Gasteiger partial charge >= 0.3 is 0 Å². The van der Waals surface area contributed by atoms with E-state index in [1.807, 2.05) is 38.1 Å². The lowest BCUT2D eigenvalue weighted by molar-refractivity contribution is 0.0941. The second kappa shape index (κ2) is 8.06. The van der Waals surface area contributed by atoms with Gasteiger partial charge in [-0.05, 0) is 44.2 Å². The maximum atomic E-state index is 12.9. The van der Waals surface area contributed by atoms with Crippen molar-refractivity contribution in [3.05, 3.63) is 70.1 Å². The van der Waals surface area contributed by atoms with E-state index >= 15 is 0 Å². The van der Waals surface area contributed by atoms with Gasteiger partial charge in [0.25, 0.3) is 5.91 Å². The number of pyridine rings is 2. The van der Waals surface area contributed by atoms with Crippen LogP contribution in [0.2, 0.25) is 19.6 Å². The number of carbonyl (C=O) groups is 1. The van der Waals surface area contributed by atoms with Crippen LogP contribution in [0.1, 0.15) is 29.8 Å². The average Bonchev–Trinajstić information content (AvgIpc) is 2.66. The molecule has 5 nitrogen and oxygen atoms in total. The quantitative estimate of drug-likeness (QED) is 0.535. The number of benzene rings is 1. The van der Waals surface area contributed by atoms with Crippen molar-refractivity contribution >= 4 is 25.0 Å². The molecule has 1 amide bonds. The van der Waals surface area contributed by atoms with Crippen molar-refractivity contribution in [1.29, 1.82) is 0 Å². The molecule has 0 aliphatic heterocycles. The van der Waals surface area contributed by atoms with Crippen LogP contribution in [0.25, 0.3) is 16.7 Å². The number of nitrogens with one attached hydrogen (secondary N) is 1. The molecule has 0 atom stereocenters. The number of aromatic nitrogens is 2. The van der Waals surface area contributed by atoms with Crippen molar-refractivity contribution in [2.75, 3.05) is 0 Å². The number of hydrogen-bond acceptors (Lipinski definition) is 3. The van der Waals surface area contributed by atoms with Crippen LogP contribution in [0.4, 0.5) is 0 Å². The summed E-state index contributed by atoms with van der Waals surface area (Å²) >= 11 is 0. The summed E-state index contributed by atoms with van der Waals surface area (Å²) in [4.78, 5) is 29.9. The minimum atomic E-state index is -1.50. The molecule has 148 valence electrons. The highest BCUT2D eigenvalue weighted by molar-refractivity contribution is 6.83. The Morgan fingerprint density at radius 3 is 2.62 bits per heavy atom. The van der Waals surface area contributed by atoms with E-state index in [4.69, 9.17) is 0 Å². The molecule has 3 rings (SSSR count). The molecule has 1 N–H and O–H groups in total. The lowest BCUT2D eigenvalue weighted by atomic mass is 10.1. The third-order valence-electron chi connectivity index (χ3n) is 4.13. The first-order chi connectivity index (χ1) is 13.7. The topological polar surface area (TPSA) is 64.0 Å². The summed E-state index contributed by atoms with van der Waals surface area (Å²) in [5.41, 5.74) is 5.34. The first-order valence-electron chi connectivity index (χ1n) is 9.60. The molecule has 0 saturated carbocycles. The molecule has 0 bridgehead atoms. The van der Waals surface area contributed by atoms with Crippen LogP contribution in [-0.2, 0) is 0 Å². The van der Waals surface area contributed by atoms with Crippen LogP contribution in [-0.4, -0.2) is 29.6 Å². The molecular formula is C23H25N3O2Si. The molecule has 0 unspecified atom stereocenters. The maximum absolute atomic E-state index is 12.9. The molecule has 1 aromatic carbocycles. The summed E-state index contributed by atoms with van der Waals surface area (Å²) in [6, 6.07) is 11.1. The van der Waals surface area contributed by atoms with Crippen molar-refractivity contribution in [1.82, 2.24) is 14.9 Å². The summed E-state index contributed by atoms with van der Waals surface area (Å²) < 4.78 is 1.78. The van der Waals surface area contributed by atoms with E-state index in [-0.39, 0.29) is 22.9 Å². The Bertz CT molecular complexity index is 1190. The van der Waals surface area contributed by atoms with Gasteiger partial charge in [-0.1, -0.05) is 31.6 Å². The van der Waals surface area contributed by atoms with Crippen LogP contribution in [0.5, 0.6) is 0 Å². The molecule has 0 radical (unpaired) electrons. The number of amides is 1. The Morgan fingerprint density at radius 1 is 1.17 bits per heavy atom. The van der Waals surface area contributed by atoms with E-state index in [9.17, 15) is 9.59 Å². The van der Waals surface area contributed by atoms with E-state index in [1.165, 1.54) is 0 Å². The third-order valence-corrected chi connectivity index (χ3v) is 5.01. The van der Waals surface area contributed by atoms with Crippen molar-refractivity contribution in [2.45, 2.75) is 39.5 Å². The zero-order valence-corrected chi connectivity index (χ0v) is 18.4. The second-order valence-electron chi connectivity index (χ2n) is 8.29. The minimum Gasteiger partial charge on any atom is -0.350 e. The fourth-order valence-electron chi connectivity index (χ4n) is 2.85. The van der Waals surface area contributed by atoms with Crippen molar-refractivity contribution in [3.8, 4) is 17.2 Å². The van der Waals surface area contributed by atoms with Gasteiger partial charge in [0.15, 0.2) is 0 Å². The third kappa shape index (κ3) is 4.82. The van der Waals surface area contributed by atoms with Gasteiger partial charge < -0.3 is 9.88 Å². The summed E-state index contributed by atoms with van der Waals surface area (Å²) in [5.74, 6) is 2.87. The fraction of sp³-hybridized carbons (Fsp3) is 0.261. The van der Waals surface area contributed by atoms with Gasteiger partial charge in [-0.25, -0.2) is 4.98 Å². The molecular weight excluding hydrogens is 378 g/mol. The van der Waals surface area contributed by atoms with Crippen molar-refractivity contribution in [3.63, 3.8) is 0 Å². The summed E-state index contributed by atoms with van der Waals surface area (Å²) in [5, 5.41) is 3.21. The largest absolute Gasteiger partial charge is 0.350 e. The Hall–Kier alpha value is -3.17. The van der Waals surface area contributed by atoms with Gasteiger partial charge in [0.2, 0.25) is 5.43 Å². The predicted molar refractivity (Wildman–Crippen MR) is 120 cm³/mol. The smallest absolute Gasteiger partial charge is 0.256 e. The van der Waals surface area contributed by atoms with E-state index < -0.39 is 8.07 Å². The highest BCUT2D eigenvalue weighted by Crippen LogP contribution is 2.17. The van der Waals surface area contributed by atoms with Crippen LogP contribution in [0.3, 0.4) is 0 Å². The van der Waals surface area contributed by atoms with Gasteiger partial charge in [-0.2, -0.15) is 0 Å². The average molecular weight is 404 g/mol. The molecule has 0 spiro atoms. The molecule has 2 heterocycles. The number of carbonyl (C=O) groups excluding carboxylic acids is 1. The highest BCUT2D eigenvalue weighted by atomic mass is 28.3. The van der Waals surface area contributed by atoms with E-state index in [2.05, 4.69) is 41.4 Å². The monoisotopic (exact) mass is 403 g/mol. The Labute approximate surface area is 171 Å². The van der Waals surface area contributed by atoms with E-state index in [0.717, 1.165) is 11.3 Å². The first-order valence-corrected chi connectivity index (χ1v) is 13.1. The predicted octanol–water partition coefficient (Wildman–Crippen LogP) is 3.75. The highest BCUT2D eigenvalue weighted by Gasteiger charge is 2.17. The summed E-state index contributed by atoms with van der Waals surface area (Å²) in [7, 11) is -1.50. The van der Waals surface area contributed by atoms with Gasteiger partial charge in [0.1, 0.15) is 19.3 Å². The molecule has 0 aliphatic rings. The van der Waals surface area contributed by atoms with Gasteiger partial charge in [0, 0.05) is 29.7 Å². The molecule has 0 fully saturated rings. The fourth-order valence-corrected chi connectivity index (χ4v) is 3.37. The van der Waals surface area contributed by atoms with Crippen molar-refractivity contribution < 1.29 is 4.79 Å². The Morgan fingerprint density at radius 2 is 1.93 bits per heavy atom. The van der Waals surface area contributed by atoms with Crippen LogP contribution < -0.4 is 10.7 Å². The Kier molecular flexibility index (Phi) is 5.71. The van der Waals surface area contributed by atoms with Crippen LogP contribution in [0, 0.1) is 11.5 Å². The SMILES string of the molecule is CC(C)NC(=O)c1cn(-c2cccc(C#C[Si](C)(C)C)c2)c2ncccc2c1=O. The van der Waals surface area contributed by atoms with Crippen molar-refractivity contribution in [2.24, 2.45) is 0 Å². The Balaban J connectivity index is 2.22. The zero-order chi connectivity index (χ0) is 21.2. The first kappa shape index (κ1) is 20.6. The molecule has 0 aliphatic carbocycles. The van der Waals surface area contributed by atoms with E-state index in [0.29, 0.717) is 11.0 Å². The lowest BCUT2D eigenvalue weighted by Gasteiger charge is -2.14. The minimum absolute atomic E-state index is 0.0693. The van der Waals surface area contributed by atoms with E-state index in [1.54, 1.807) is 29.1 Å². The molecule has 0 saturated heterocycles. The maximum Gasteiger partial charge on any atom is 0.256 e. The lowest BCUT2D eigenvalue weighted by Crippen LogP contribution is -2.34. The summed E-state index contributed by atoms with van der Waals surface area (Å²) in [6.45, 7) is 10.3. The number of nitrogens with zero attached hydrogens (tertiary/aromatic N) is 2. The second-order valence-corrected chi connectivity index (χ2v) is 13.0. The number of fused-ring (bicyclic) bond motifs is 1.